The minimum atomic E-state index is -0.542. The van der Waals surface area contributed by atoms with Gasteiger partial charge in [0.2, 0.25) is 5.88 Å². The zero-order chi connectivity index (χ0) is 16.6. The summed E-state index contributed by atoms with van der Waals surface area (Å²) in [6, 6.07) is 1.86. The Morgan fingerprint density at radius 3 is 2.74 bits per heavy atom. The van der Waals surface area contributed by atoms with Crippen LogP contribution in [0.1, 0.15) is 38.7 Å². The SMILES string of the molecule is CCOc1nnc(-c2c[nH]c(=O)[nH]c2=O)cc1[C@H]1C[C@@H]1C(C)C. The fourth-order valence-electron chi connectivity index (χ4n) is 2.95. The molecular formula is C16H20N4O3. The molecule has 2 N–H and O–H groups in total. The Hall–Kier alpha value is -2.44. The summed E-state index contributed by atoms with van der Waals surface area (Å²) in [4.78, 5) is 27.8. The molecule has 0 spiro atoms. The van der Waals surface area contributed by atoms with Crippen LogP contribution in [0.4, 0.5) is 0 Å². The Morgan fingerprint density at radius 1 is 1.35 bits per heavy atom. The highest BCUT2D eigenvalue weighted by Gasteiger charge is 2.42. The van der Waals surface area contributed by atoms with Crippen molar-refractivity contribution in [2.24, 2.45) is 11.8 Å². The lowest BCUT2D eigenvalue weighted by molar-refractivity contribution is 0.318. The maximum Gasteiger partial charge on any atom is 0.325 e. The first-order valence-corrected chi connectivity index (χ1v) is 7.84. The summed E-state index contributed by atoms with van der Waals surface area (Å²) >= 11 is 0. The topological polar surface area (TPSA) is 101 Å². The highest BCUT2D eigenvalue weighted by molar-refractivity contribution is 5.58. The average Bonchev–Trinajstić information content (AvgIpc) is 3.29. The van der Waals surface area contributed by atoms with Gasteiger partial charge in [-0.05, 0) is 37.2 Å². The molecule has 3 rings (SSSR count). The molecule has 0 amide bonds. The van der Waals surface area contributed by atoms with E-state index in [1.54, 1.807) is 0 Å². The van der Waals surface area contributed by atoms with Crippen LogP contribution in [-0.4, -0.2) is 26.8 Å². The molecule has 1 saturated carbocycles. The van der Waals surface area contributed by atoms with Crippen molar-refractivity contribution < 1.29 is 4.74 Å². The molecule has 0 saturated heterocycles. The first-order chi connectivity index (χ1) is 11.0. The van der Waals surface area contributed by atoms with Crippen LogP contribution >= 0.6 is 0 Å². The van der Waals surface area contributed by atoms with E-state index < -0.39 is 11.2 Å². The van der Waals surface area contributed by atoms with Crippen LogP contribution in [0.3, 0.4) is 0 Å². The van der Waals surface area contributed by atoms with Crippen molar-refractivity contribution in [3.05, 3.63) is 38.7 Å². The molecule has 2 aromatic heterocycles. The normalized spacial score (nSPS) is 19.8. The van der Waals surface area contributed by atoms with E-state index in [9.17, 15) is 9.59 Å². The molecule has 0 unspecified atom stereocenters. The predicted octanol–water partition coefficient (Wildman–Crippen LogP) is 1.68. The van der Waals surface area contributed by atoms with Crippen molar-refractivity contribution in [3.63, 3.8) is 0 Å². The molecule has 122 valence electrons. The van der Waals surface area contributed by atoms with Gasteiger partial charge in [-0.1, -0.05) is 13.8 Å². The summed E-state index contributed by atoms with van der Waals surface area (Å²) in [6.07, 6.45) is 2.45. The van der Waals surface area contributed by atoms with E-state index >= 15 is 0 Å². The van der Waals surface area contributed by atoms with Crippen LogP contribution in [-0.2, 0) is 0 Å². The largest absolute Gasteiger partial charge is 0.477 e. The van der Waals surface area contributed by atoms with Gasteiger partial charge in [-0.2, -0.15) is 0 Å². The molecule has 1 fully saturated rings. The number of ether oxygens (including phenoxy) is 1. The van der Waals surface area contributed by atoms with Crippen molar-refractivity contribution in [1.29, 1.82) is 0 Å². The molecule has 0 radical (unpaired) electrons. The number of hydrogen-bond donors (Lipinski definition) is 2. The summed E-state index contributed by atoms with van der Waals surface area (Å²) in [7, 11) is 0. The van der Waals surface area contributed by atoms with Gasteiger partial charge in [-0.25, -0.2) is 4.79 Å². The minimum Gasteiger partial charge on any atom is -0.477 e. The van der Waals surface area contributed by atoms with E-state index in [0.717, 1.165) is 12.0 Å². The fraction of sp³-hybridized carbons (Fsp3) is 0.500. The molecule has 0 aromatic carbocycles. The maximum atomic E-state index is 11.9. The van der Waals surface area contributed by atoms with Crippen molar-refractivity contribution in [2.75, 3.05) is 6.61 Å². The molecule has 23 heavy (non-hydrogen) atoms. The molecule has 0 bridgehead atoms. The average molecular weight is 316 g/mol. The molecule has 2 heterocycles. The second-order valence-corrected chi connectivity index (χ2v) is 6.16. The standard InChI is InChI=1S/C16H20N4O3/c1-4-23-15-11(10-5-9(10)8(2)3)6-13(19-20-15)12-7-17-16(22)18-14(12)21/h6-10H,4-5H2,1-3H3,(H2,17,18,21,22)/t9-,10+/m1/s1. The van der Waals surface area contributed by atoms with E-state index in [0.29, 0.717) is 41.5 Å². The lowest BCUT2D eigenvalue weighted by Crippen LogP contribution is -2.23. The van der Waals surface area contributed by atoms with Crippen molar-refractivity contribution in [1.82, 2.24) is 20.2 Å². The van der Waals surface area contributed by atoms with Crippen LogP contribution in [0.15, 0.2) is 21.9 Å². The van der Waals surface area contributed by atoms with E-state index in [4.69, 9.17) is 4.74 Å². The number of aromatic amines is 2. The second kappa shape index (κ2) is 5.98. The fourth-order valence-corrected chi connectivity index (χ4v) is 2.95. The number of rotatable bonds is 5. The highest BCUT2D eigenvalue weighted by Crippen LogP contribution is 2.53. The van der Waals surface area contributed by atoms with E-state index in [-0.39, 0.29) is 0 Å². The third kappa shape index (κ3) is 3.04. The Balaban J connectivity index is 2.03. The molecule has 0 aliphatic heterocycles. The van der Waals surface area contributed by atoms with Crippen molar-refractivity contribution in [2.45, 2.75) is 33.1 Å². The summed E-state index contributed by atoms with van der Waals surface area (Å²) in [6.45, 7) is 6.82. The first-order valence-electron chi connectivity index (χ1n) is 7.84. The lowest BCUT2D eigenvalue weighted by Gasteiger charge is -2.10. The smallest absolute Gasteiger partial charge is 0.325 e. The predicted molar refractivity (Wildman–Crippen MR) is 85.6 cm³/mol. The third-order valence-corrected chi connectivity index (χ3v) is 4.26. The molecule has 1 aliphatic rings. The van der Waals surface area contributed by atoms with Crippen LogP contribution in [0.2, 0.25) is 0 Å². The number of aromatic nitrogens is 4. The number of H-pyrrole nitrogens is 2. The molecule has 2 atom stereocenters. The van der Waals surface area contributed by atoms with Gasteiger partial charge in [-0.15, -0.1) is 10.2 Å². The van der Waals surface area contributed by atoms with Crippen molar-refractivity contribution >= 4 is 0 Å². The highest BCUT2D eigenvalue weighted by atomic mass is 16.5. The van der Waals surface area contributed by atoms with E-state index in [1.807, 2.05) is 13.0 Å². The van der Waals surface area contributed by atoms with Crippen LogP contribution in [0.5, 0.6) is 5.88 Å². The van der Waals surface area contributed by atoms with E-state index in [2.05, 4.69) is 34.0 Å². The Bertz CT molecular complexity index is 825. The van der Waals surface area contributed by atoms with Gasteiger partial charge in [-0.3, -0.25) is 9.78 Å². The monoisotopic (exact) mass is 316 g/mol. The van der Waals surface area contributed by atoms with Crippen molar-refractivity contribution in [3.8, 4) is 17.1 Å². The quantitative estimate of drug-likeness (QED) is 0.874. The zero-order valence-electron chi connectivity index (χ0n) is 13.4. The number of nitrogens with zero attached hydrogens (tertiary/aromatic N) is 2. The van der Waals surface area contributed by atoms with Crippen LogP contribution < -0.4 is 16.0 Å². The van der Waals surface area contributed by atoms with Gasteiger partial charge < -0.3 is 9.72 Å². The van der Waals surface area contributed by atoms with Crippen LogP contribution in [0, 0.1) is 11.8 Å². The number of hydrogen-bond acceptors (Lipinski definition) is 5. The summed E-state index contributed by atoms with van der Waals surface area (Å²) in [5.74, 6) is 2.10. The Labute approximate surface area is 133 Å². The molecule has 7 heteroatoms. The first kappa shape index (κ1) is 15.5. The van der Waals surface area contributed by atoms with Gasteiger partial charge >= 0.3 is 5.69 Å². The van der Waals surface area contributed by atoms with E-state index in [1.165, 1.54) is 6.20 Å². The van der Waals surface area contributed by atoms with Gasteiger partial charge in [0, 0.05) is 11.8 Å². The third-order valence-electron chi connectivity index (χ3n) is 4.26. The lowest BCUT2D eigenvalue weighted by atomic mass is 10.0. The van der Waals surface area contributed by atoms with Gasteiger partial charge in [0.25, 0.3) is 5.56 Å². The second-order valence-electron chi connectivity index (χ2n) is 6.16. The summed E-state index contributed by atoms with van der Waals surface area (Å²) in [5.41, 5.74) is 0.703. The molecular weight excluding hydrogens is 296 g/mol. The Kier molecular flexibility index (Phi) is 4.02. The van der Waals surface area contributed by atoms with Gasteiger partial charge in [0.05, 0.1) is 12.2 Å². The summed E-state index contributed by atoms with van der Waals surface area (Å²) < 4.78 is 5.59. The zero-order valence-corrected chi connectivity index (χ0v) is 13.4. The molecule has 2 aromatic rings. The molecule has 1 aliphatic carbocycles. The Morgan fingerprint density at radius 2 is 2.13 bits per heavy atom. The summed E-state index contributed by atoms with van der Waals surface area (Å²) in [5, 5.41) is 8.23. The van der Waals surface area contributed by atoms with Crippen LogP contribution in [0.25, 0.3) is 11.3 Å². The van der Waals surface area contributed by atoms with Gasteiger partial charge in [0.1, 0.15) is 5.69 Å². The van der Waals surface area contributed by atoms with Gasteiger partial charge in [0.15, 0.2) is 0 Å². The number of nitrogens with one attached hydrogen (secondary N) is 2. The molecule has 7 nitrogen and oxygen atoms in total. The maximum absolute atomic E-state index is 11.9. The minimum absolute atomic E-state index is 0.295.